The third kappa shape index (κ3) is 5.56. The quantitative estimate of drug-likeness (QED) is 0.126. The molecule has 208 valence electrons. The monoisotopic (exact) mass is 570 g/mol. The zero-order chi connectivity index (χ0) is 29.3. The first-order valence-electron chi connectivity index (χ1n) is 13.2. The minimum absolute atomic E-state index is 0.0574. The van der Waals surface area contributed by atoms with E-state index in [2.05, 4.69) is 0 Å². The molecule has 1 saturated heterocycles. The van der Waals surface area contributed by atoms with Crippen LogP contribution >= 0.6 is 11.6 Å². The molecule has 1 aliphatic heterocycles. The Hall–Kier alpha value is -4.56. The van der Waals surface area contributed by atoms with Crippen molar-refractivity contribution in [3.63, 3.8) is 0 Å². The van der Waals surface area contributed by atoms with Crippen molar-refractivity contribution in [1.29, 1.82) is 0 Å². The van der Waals surface area contributed by atoms with Crippen molar-refractivity contribution in [2.45, 2.75) is 20.3 Å². The maximum Gasteiger partial charge on any atom is 0.343 e. The van der Waals surface area contributed by atoms with E-state index in [-0.39, 0.29) is 27.8 Å². The predicted molar refractivity (Wildman–Crippen MR) is 151 cm³/mol. The second-order valence-electron chi connectivity index (χ2n) is 10.2. The first-order chi connectivity index (χ1) is 19.7. The fraction of sp³-hybridized carbons (Fsp3) is 0.219. The predicted octanol–water partition coefficient (Wildman–Crippen LogP) is 5.30. The minimum atomic E-state index is -0.742. The van der Waals surface area contributed by atoms with Crippen molar-refractivity contribution in [2.75, 3.05) is 6.54 Å². The van der Waals surface area contributed by atoms with E-state index in [4.69, 9.17) is 16.3 Å². The van der Waals surface area contributed by atoms with E-state index >= 15 is 0 Å². The van der Waals surface area contributed by atoms with Gasteiger partial charge in [0.25, 0.3) is 17.7 Å². The van der Waals surface area contributed by atoms with Gasteiger partial charge in [0.15, 0.2) is 5.78 Å². The van der Waals surface area contributed by atoms with Crippen LogP contribution < -0.4 is 4.74 Å². The highest BCUT2D eigenvalue weighted by atomic mass is 35.5. The number of ketones is 1. The minimum Gasteiger partial charge on any atom is -0.423 e. The van der Waals surface area contributed by atoms with Crippen LogP contribution in [0, 0.1) is 24.7 Å². The third-order valence-corrected chi connectivity index (χ3v) is 7.73. The normalized spacial score (nSPS) is 19.6. The Balaban J connectivity index is 1.39. The van der Waals surface area contributed by atoms with Gasteiger partial charge in [-0.25, -0.2) is 9.80 Å². The van der Waals surface area contributed by atoms with Crippen LogP contribution in [0.1, 0.15) is 50.0 Å². The van der Waals surface area contributed by atoms with Gasteiger partial charge in [-0.2, -0.15) is 5.01 Å². The first-order valence-corrected chi connectivity index (χ1v) is 13.6. The number of Topliss-reactive ketones (excluding diaryl/α,β-unsaturated/α-hetero) is 1. The Morgan fingerprint density at radius 2 is 1.59 bits per heavy atom. The van der Waals surface area contributed by atoms with Gasteiger partial charge in [0.1, 0.15) is 12.3 Å². The van der Waals surface area contributed by atoms with Crippen molar-refractivity contribution in [3.8, 4) is 5.75 Å². The van der Waals surface area contributed by atoms with E-state index < -0.39 is 47.9 Å². The molecule has 8 nitrogen and oxygen atoms in total. The van der Waals surface area contributed by atoms with Crippen LogP contribution in [0.2, 0.25) is 5.02 Å². The van der Waals surface area contributed by atoms with Crippen molar-refractivity contribution in [3.05, 3.63) is 112 Å². The topological polar surface area (TPSA) is 101 Å². The molecule has 5 rings (SSSR count). The largest absolute Gasteiger partial charge is 0.423 e. The molecule has 1 heterocycles. The van der Waals surface area contributed by atoms with Gasteiger partial charge >= 0.3 is 5.97 Å². The van der Waals surface area contributed by atoms with E-state index in [0.717, 1.165) is 15.6 Å². The summed E-state index contributed by atoms with van der Waals surface area (Å²) in [4.78, 5) is 66.5. The molecular weight excluding hydrogens is 544 g/mol. The molecule has 0 spiro atoms. The molecule has 0 radical (unpaired) electrons. The Labute approximate surface area is 242 Å². The van der Waals surface area contributed by atoms with Crippen LogP contribution in [0.5, 0.6) is 5.75 Å². The summed E-state index contributed by atoms with van der Waals surface area (Å²) in [6, 6.07) is 19.0. The lowest BCUT2D eigenvalue weighted by Gasteiger charge is -2.30. The van der Waals surface area contributed by atoms with Crippen LogP contribution in [0.25, 0.3) is 0 Å². The number of hydrogen-bond donors (Lipinski definition) is 0. The molecule has 0 saturated carbocycles. The molecular formula is C32H27ClN2O6. The molecule has 0 unspecified atom stereocenters. The molecule has 41 heavy (non-hydrogen) atoms. The van der Waals surface area contributed by atoms with Gasteiger partial charge in [0, 0.05) is 5.56 Å². The van der Waals surface area contributed by atoms with Crippen molar-refractivity contribution in [2.24, 2.45) is 17.8 Å². The molecule has 1 fully saturated rings. The summed E-state index contributed by atoms with van der Waals surface area (Å²) in [7, 11) is 0. The van der Waals surface area contributed by atoms with Crippen LogP contribution in [0.4, 0.5) is 0 Å². The number of allylic oxidation sites excluding steroid dienone is 2. The fourth-order valence-electron chi connectivity index (χ4n) is 5.17. The lowest BCUT2D eigenvalue weighted by atomic mass is 9.78. The average Bonchev–Trinajstić information content (AvgIpc) is 3.22. The fourth-order valence-corrected chi connectivity index (χ4v) is 5.38. The summed E-state index contributed by atoms with van der Waals surface area (Å²) in [5.74, 6) is -4.06. The Bertz CT molecular complexity index is 1560. The third-order valence-electron chi connectivity index (χ3n) is 7.40. The van der Waals surface area contributed by atoms with Crippen molar-refractivity contribution < 1.29 is 28.7 Å². The number of aryl methyl sites for hydroxylation is 1. The van der Waals surface area contributed by atoms with E-state index in [1.165, 1.54) is 36.4 Å². The van der Waals surface area contributed by atoms with Crippen LogP contribution in [0.3, 0.4) is 0 Å². The summed E-state index contributed by atoms with van der Waals surface area (Å²) < 4.78 is 5.41. The number of benzene rings is 3. The van der Waals surface area contributed by atoms with E-state index in [0.29, 0.717) is 12.0 Å². The van der Waals surface area contributed by atoms with Gasteiger partial charge in [-0.05, 0) is 67.8 Å². The molecule has 0 bridgehead atoms. The molecule has 0 N–H and O–H groups in total. The van der Waals surface area contributed by atoms with E-state index in [9.17, 15) is 24.0 Å². The summed E-state index contributed by atoms with van der Waals surface area (Å²) in [5.41, 5.74) is 1.65. The number of nitrogens with zero attached hydrogens (tertiary/aromatic N) is 2. The second kappa shape index (κ2) is 11.5. The molecule has 3 amide bonds. The van der Waals surface area contributed by atoms with Gasteiger partial charge < -0.3 is 4.74 Å². The SMILES string of the molecule is Cc1ccc(C(=O)Oc2ccc(C(=O)CN(C(=O)c3ccccc3Cl)N3C(=O)[C@H]4[C@@H](C)C=CC[C@H]4C3=O)cc2)cc1. The zero-order valence-electron chi connectivity index (χ0n) is 22.5. The molecule has 3 atom stereocenters. The van der Waals surface area contributed by atoms with Gasteiger partial charge in [0.2, 0.25) is 0 Å². The maximum atomic E-state index is 13.7. The molecule has 0 aromatic heterocycles. The number of hydrazine groups is 1. The van der Waals surface area contributed by atoms with Crippen LogP contribution in [0.15, 0.2) is 84.9 Å². The lowest BCUT2D eigenvalue weighted by Crippen LogP contribution is -2.52. The summed E-state index contributed by atoms with van der Waals surface area (Å²) in [6.45, 7) is 3.18. The Morgan fingerprint density at radius 1 is 0.927 bits per heavy atom. The van der Waals surface area contributed by atoms with Gasteiger partial charge in [-0.1, -0.05) is 60.5 Å². The summed E-state index contributed by atoms with van der Waals surface area (Å²) >= 11 is 6.28. The number of halogens is 1. The maximum absolute atomic E-state index is 13.7. The van der Waals surface area contributed by atoms with Gasteiger partial charge in [-0.3, -0.25) is 19.2 Å². The number of rotatable bonds is 7. The number of esters is 1. The summed E-state index contributed by atoms with van der Waals surface area (Å²) in [6.07, 6.45) is 4.12. The Kier molecular flexibility index (Phi) is 7.85. The van der Waals surface area contributed by atoms with Gasteiger partial charge in [-0.15, -0.1) is 0 Å². The molecule has 9 heteroatoms. The number of carbonyl (C=O) groups is 5. The number of carbonyl (C=O) groups excluding carboxylic acids is 5. The molecule has 1 aliphatic carbocycles. The van der Waals surface area contributed by atoms with Crippen LogP contribution in [-0.4, -0.2) is 46.0 Å². The molecule has 3 aromatic rings. The highest BCUT2D eigenvalue weighted by Gasteiger charge is 2.53. The highest BCUT2D eigenvalue weighted by molar-refractivity contribution is 6.34. The number of fused-ring (bicyclic) bond motifs is 1. The number of ether oxygens (including phenoxy) is 1. The lowest BCUT2D eigenvalue weighted by molar-refractivity contribution is -0.154. The standard InChI is InChI=1S/C32H27ClN2O6/c1-19-10-12-22(13-11-19)32(40)41-23-16-14-21(15-17-23)27(36)18-34(29(37)24-7-3-4-9-26(24)33)35-30(38)25-8-5-6-20(2)28(25)31(35)39/h3-7,9-17,20,25,28H,8,18H2,1-2H3/t20-,25+,28-/m0/s1. The van der Waals surface area contributed by atoms with E-state index in [1.54, 1.807) is 36.4 Å². The molecule has 3 aromatic carbocycles. The van der Waals surface area contributed by atoms with Crippen molar-refractivity contribution in [1.82, 2.24) is 10.0 Å². The zero-order valence-corrected chi connectivity index (χ0v) is 23.2. The second-order valence-corrected chi connectivity index (χ2v) is 10.6. The van der Waals surface area contributed by atoms with Crippen LogP contribution in [-0.2, 0) is 9.59 Å². The Morgan fingerprint density at radius 3 is 2.24 bits per heavy atom. The smallest absolute Gasteiger partial charge is 0.343 e. The highest BCUT2D eigenvalue weighted by Crippen LogP contribution is 2.39. The number of amides is 3. The average molecular weight is 571 g/mol. The van der Waals surface area contributed by atoms with Crippen molar-refractivity contribution >= 4 is 41.1 Å². The van der Waals surface area contributed by atoms with E-state index in [1.807, 2.05) is 26.0 Å². The van der Waals surface area contributed by atoms with Gasteiger partial charge in [0.05, 0.1) is 28.0 Å². The molecule has 2 aliphatic rings. The first kappa shape index (κ1) is 28.0. The number of imide groups is 1. The number of hydrogen-bond acceptors (Lipinski definition) is 6. The summed E-state index contributed by atoms with van der Waals surface area (Å²) in [5, 5.41) is 1.84.